The van der Waals surface area contributed by atoms with Crippen molar-refractivity contribution in [2.45, 2.75) is 32.4 Å². The van der Waals surface area contributed by atoms with Crippen molar-refractivity contribution in [3.8, 4) is 0 Å². The van der Waals surface area contributed by atoms with Crippen molar-refractivity contribution >= 4 is 10.2 Å². The van der Waals surface area contributed by atoms with E-state index in [0.29, 0.717) is 13.1 Å². The number of hydrogen-bond donors (Lipinski definition) is 1. The Bertz CT molecular complexity index is 572. The number of hydrogen-bond acceptors (Lipinski definition) is 3. The quantitative estimate of drug-likeness (QED) is 0.906. The van der Waals surface area contributed by atoms with Crippen molar-refractivity contribution in [1.82, 2.24) is 8.61 Å². The fourth-order valence-corrected chi connectivity index (χ4v) is 4.29. The normalized spacial score (nSPS) is 20.4. The van der Waals surface area contributed by atoms with Gasteiger partial charge in [0.1, 0.15) is 0 Å². The topological polar surface area (TPSA) is 66.6 Å². The molecule has 0 aliphatic carbocycles. The summed E-state index contributed by atoms with van der Waals surface area (Å²) in [6.45, 7) is 4.51. The molecule has 0 saturated carbocycles. The number of rotatable bonds is 4. The summed E-state index contributed by atoms with van der Waals surface area (Å²) in [6.07, 6.45) is 0.734. The van der Waals surface area contributed by atoms with E-state index in [-0.39, 0.29) is 12.1 Å². The largest absolute Gasteiger partial charge is 0.329 e. The highest BCUT2D eigenvalue weighted by Gasteiger charge is 2.37. The molecule has 6 heteroatoms. The fraction of sp³-hybridized carbons (Fsp3) is 0.571. The van der Waals surface area contributed by atoms with Gasteiger partial charge in [0.15, 0.2) is 0 Å². The van der Waals surface area contributed by atoms with Gasteiger partial charge in [0, 0.05) is 26.2 Å². The molecule has 1 aliphatic heterocycles. The summed E-state index contributed by atoms with van der Waals surface area (Å²) in [7, 11) is -1.86. The van der Waals surface area contributed by atoms with Gasteiger partial charge in [-0.1, -0.05) is 24.3 Å². The van der Waals surface area contributed by atoms with Gasteiger partial charge in [-0.2, -0.15) is 17.0 Å². The molecule has 1 aliphatic rings. The Labute approximate surface area is 121 Å². The Balaban J connectivity index is 2.40. The SMILES string of the molecule is CC(C)N(C)S(=O)(=O)N1CCc2ccccc2C1CN. The number of benzene rings is 1. The summed E-state index contributed by atoms with van der Waals surface area (Å²) in [6, 6.07) is 7.60. The van der Waals surface area contributed by atoms with Crippen LogP contribution in [0.5, 0.6) is 0 Å². The van der Waals surface area contributed by atoms with E-state index in [2.05, 4.69) is 0 Å². The van der Waals surface area contributed by atoms with E-state index >= 15 is 0 Å². The Morgan fingerprint density at radius 2 is 2.05 bits per heavy atom. The molecule has 0 saturated heterocycles. The van der Waals surface area contributed by atoms with Crippen LogP contribution in [0.25, 0.3) is 0 Å². The fourth-order valence-electron chi connectivity index (χ4n) is 2.58. The third kappa shape index (κ3) is 2.61. The molecular weight excluding hydrogens is 274 g/mol. The second-order valence-corrected chi connectivity index (χ2v) is 7.37. The molecule has 1 atom stereocenters. The zero-order valence-corrected chi connectivity index (χ0v) is 13.1. The minimum absolute atomic E-state index is 0.0735. The highest BCUT2D eigenvalue weighted by molar-refractivity contribution is 7.86. The third-order valence-electron chi connectivity index (χ3n) is 3.97. The van der Waals surface area contributed by atoms with Gasteiger partial charge in [-0.3, -0.25) is 0 Å². The lowest BCUT2D eigenvalue weighted by atomic mass is 9.94. The molecule has 0 amide bonds. The molecule has 2 N–H and O–H groups in total. The van der Waals surface area contributed by atoms with E-state index in [9.17, 15) is 8.42 Å². The molecule has 1 aromatic carbocycles. The number of nitrogens with two attached hydrogens (primary N) is 1. The Morgan fingerprint density at radius 3 is 2.65 bits per heavy atom. The Morgan fingerprint density at radius 1 is 1.40 bits per heavy atom. The zero-order chi connectivity index (χ0) is 14.9. The molecule has 112 valence electrons. The third-order valence-corrected chi connectivity index (χ3v) is 6.15. The van der Waals surface area contributed by atoms with Crippen LogP contribution in [-0.4, -0.2) is 43.2 Å². The summed E-state index contributed by atoms with van der Waals surface area (Å²) < 4.78 is 28.3. The van der Waals surface area contributed by atoms with E-state index in [1.165, 1.54) is 14.2 Å². The van der Waals surface area contributed by atoms with E-state index in [1.807, 2.05) is 38.1 Å². The van der Waals surface area contributed by atoms with Crippen LogP contribution in [0.3, 0.4) is 0 Å². The molecule has 1 aromatic rings. The number of nitrogens with zero attached hydrogens (tertiary/aromatic N) is 2. The van der Waals surface area contributed by atoms with Crippen molar-refractivity contribution in [3.63, 3.8) is 0 Å². The minimum atomic E-state index is -3.48. The van der Waals surface area contributed by atoms with Crippen molar-refractivity contribution in [2.24, 2.45) is 5.73 Å². The molecule has 0 radical (unpaired) electrons. The van der Waals surface area contributed by atoms with Gasteiger partial charge >= 0.3 is 0 Å². The predicted molar refractivity (Wildman–Crippen MR) is 80.5 cm³/mol. The van der Waals surface area contributed by atoms with Crippen molar-refractivity contribution in [3.05, 3.63) is 35.4 Å². The van der Waals surface area contributed by atoms with E-state index in [1.54, 1.807) is 7.05 Å². The maximum atomic E-state index is 12.7. The lowest BCUT2D eigenvalue weighted by molar-refractivity contribution is 0.275. The monoisotopic (exact) mass is 297 g/mol. The molecule has 5 nitrogen and oxygen atoms in total. The van der Waals surface area contributed by atoms with E-state index in [0.717, 1.165) is 12.0 Å². The Kier molecular flexibility index (Phi) is 4.49. The lowest BCUT2D eigenvalue weighted by Gasteiger charge is -2.38. The van der Waals surface area contributed by atoms with E-state index in [4.69, 9.17) is 5.73 Å². The van der Waals surface area contributed by atoms with Gasteiger partial charge in [-0.25, -0.2) is 0 Å². The molecule has 1 unspecified atom stereocenters. The highest BCUT2D eigenvalue weighted by atomic mass is 32.2. The first-order chi connectivity index (χ1) is 9.39. The Hall–Kier alpha value is -0.950. The van der Waals surface area contributed by atoms with Gasteiger partial charge in [-0.05, 0) is 31.4 Å². The van der Waals surface area contributed by atoms with Crippen LogP contribution in [0, 0.1) is 0 Å². The molecule has 0 spiro atoms. The maximum absolute atomic E-state index is 12.7. The average Bonchev–Trinajstić information content (AvgIpc) is 2.44. The van der Waals surface area contributed by atoms with Gasteiger partial charge < -0.3 is 5.73 Å². The van der Waals surface area contributed by atoms with Crippen LogP contribution in [0.4, 0.5) is 0 Å². The lowest BCUT2D eigenvalue weighted by Crippen LogP contribution is -2.50. The predicted octanol–water partition coefficient (Wildman–Crippen LogP) is 1.13. The van der Waals surface area contributed by atoms with Crippen LogP contribution >= 0.6 is 0 Å². The molecule has 2 rings (SSSR count). The highest BCUT2D eigenvalue weighted by Crippen LogP contribution is 2.32. The standard InChI is InChI=1S/C14H23N3O2S/c1-11(2)16(3)20(18,19)17-9-8-12-6-4-5-7-13(12)14(17)10-15/h4-7,11,14H,8-10,15H2,1-3H3. The first-order valence-corrected chi connectivity index (χ1v) is 8.32. The van der Waals surface area contributed by atoms with Crippen LogP contribution in [0.1, 0.15) is 31.0 Å². The van der Waals surface area contributed by atoms with Crippen LogP contribution in [0.15, 0.2) is 24.3 Å². The van der Waals surface area contributed by atoms with Crippen molar-refractivity contribution in [2.75, 3.05) is 20.1 Å². The minimum Gasteiger partial charge on any atom is -0.329 e. The summed E-state index contributed by atoms with van der Waals surface area (Å²) in [5.41, 5.74) is 8.08. The second-order valence-electron chi connectivity index (χ2n) is 5.43. The molecule has 0 fully saturated rings. The molecular formula is C14H23N3O2S. The average molecular weight is 297 g/mol. The molecule has 20 heavy (non-hydrogen) atoms. The molecule has 1 heterocycles. The van der Waals surface area contributed by atoms with Crippen LogP contribution in [-0.2, 0) is 16.6 Å². The summed E-state index contributed by atoms with van der Waals surface area (Å²) >= 11 is 0. The van der Waals surface area contributed by atoms with Gasteiger partial charge in [-0.15, -0.1) is 0 Å². The summed E-state index contributed by atoms with van der Waals surface area (Å²) in [4.78, 5) is 0. The summed E-state index contributed by atoms with van der Waals surface area (Å²) in [5.74, 6) is 0. The van der Waals surface area contributed by atoms with Gasteiger partial charge in [0.2, 0.25) is 0 Å². The molecule has 0 aromatic heterocycles. The zero-order valence-electron chi connectivity index (χ0n) is 12.3. The second kappa shape index (κ2) is 5.81. The van der Waals surface area contributed by atoms with Crippen molar-refractivity contribution in [1.29, 1.82) is 0 Å². The van der Waals surface area contributed by atoms with Crippen molar-refractivity contribution < 1.29 is 8.42 Å². The van der Waals surface area contributed by atoms with E-state index < -0.39 is 10.2 Å². The van der Waals surface area contributed by atoms with Crippen LogP contribution < -0.4 is 5.73 Å². The molecule has 0 bridgehead atoms. The smallest absolute Gasteiger partial charge is 0.282 e. The summed E-state index contributed by atoms with van der Waals surface area (Å²) in [5, 5.41) is 0. The first-order valence-electron chi connectivity index (χ1n) is 6.92. The number of fused-ring (bicyclic) bond motifs is 1. The van der Waals surface area contributed by atoms with Crippen LogP contribution in [0.2, 0.25) is 0 Å². The first kappa shape index (κ1) is 15.4. The van der Waals surface area contributed by atoms with Gasteiger partial charge in [0.05, 0.1) is 6.04 Å². The maximum Gasteiger partial charge on any atom is 0.282 e. The van der Waals surface area contributed by atoms with Gasteiger partial charge in [0.25, 0.3) is 10.2 Å².